The van der Waals surface area contributed by atoms with E-state index in [0.717, 1.165) is 16.7 Å². The standard InChI is InChI=1S/C24H20O3/c1-16-13-14-20(15-17(16)2)23-24(27-23,21(25)18-9-5-3-6-10-18)22(26)19-11-7-4-8-12-19/h3-15,23H,1-2H3/t23-/m1/s1. The van der Waals surface area contributed by atoms with Crippen LogP contribution >= 0.6 is 0 Å². The third kappa shape index (κ3) is 2.90. The molecule has 0 aromatic heterocycles. The van der Waals surface area contributed by atoms with Gasteiger partial charge >= 0.3 is 0 Å². The molecule has 0 unspecified atom stereocenters. The molecule has 1 saturated heterocycles. The Morgan fingerprint density at radius 3 is 1.74 bits per heavy atom. The molecule has 0 aliphatic carbocycles. The minimum absolute atomic E-state index is 0.291. The maximum atomic E-state index is 13.3. The fourth-order valence-electron chi connectivity index (χ4n) is 3.44. The zero-order valence-corrected chi connectivity index (χ0v) is 15.3. The fourth-order valence-corrected chi connectivity index (χ4v) is 3.44. The number of hydrogen-bond donors (Lipinski definition) is 0. The van der Waals surface area contributed by atoms with E-state index in [4.69, 9.17) is 4.74 Å². The molecule has 1 fully saturated rings. The van der Waals surface area contributed by atoms with Crippen LogP contribution < -0.4 is 0 Å². The molecule has 3 aromatic rings. The molecule has 3 aromatic carbocycles. The molecule has 0 saturated carbocycles. The molecule has 0 N–H and O–H groups in total. The van der Waals surface area contributed by atoms with Gasteiger partial charge in [0, 0.05) is 11.1 Å². The van der Waals surface area contributed by atoms with Crippen molar-refractivity contribution in [3.05, 3.63) is 107 Å². The van der Waals surface area contributed by atoms with Crippen LogP contribution in [0.25, 0.3) is 0 Å². The number of ether oxygens (including phenoxy) is 1. The zero-order valence-electron chi connectivity index (χ0n) is 15.3. The molecule has 1 atom stereocenters. The van der Waals surface area contributed by atoms with Crippen molar-refractivity contribution in [1.29, 1.82) is 0 Å². The van der Waals surface area contributed by atoms with Gasteiger partial charge in [0.1, 0.15) is 6.10 Å². The maximum absolute atomic E-state index is 13.3. The van der Waals surface area contributed by atoms with Gasteiger partial charge in [0.25, 0.3) is 0 Å². The van der Waals surface area contributed by atoms with Gasteiger partial charge in [0.2, 0.25) is 17.2 Å². The van der Waals surface area contributed by atoms with Crippen molar-refractivity contribution in [1.82, 2.24) is 0 Å². The Balaban J connectivity index is 1.79. The molecule has 0 radical (unpaired) electrons. The lowest BCUT2D eigenvalue weighted by molar-refractivity contribution is 0.0752. The highest BCUT2D eigenvalue weighted by Crippen LogP contribution is 2.53. The number of carbonyl (C=O) groups excluding carboxylic acids is 2. The third-order valence-electron chi connectivity index (χ3n) is 5.20. The smallest absolute Gasteiger partial charge is 0.224 e. The Morgan fingerprint density at radius 2 is 1.26 bits per heavy atom. The van der Waals surface area contributed by atoms with Crippen LogP contribution in [-0.4, -0.2) is 17.2 Å². The Labute approximate surface area is 158 Å². The second kappa shape index (κ2) is 6.60. The van der Waals surface area contributed by atoms with Gasteiger partial charge in [-0.25, -0.2) is 0 Å². The van der Waals surface area contributed by atoms with Crippen LogP contribution in [0.5, 0.6) is 0 Å². The number of Topliss-reactive ketones (excluding diaryl/α,β-unsaturated/α-hetero) is 2. The minimum atomic E-state index is -1.50. The first-order chi connectivity index (χ1) is 13.0. The Morgan fingerprint density at radius 1 is 0.741 bits per heavy atom. The van der Waals surface area contributed by atoms with E-state index in [2.05, 4.69) is 0 Å². The molecule has 0 spiro atoms. The number of benzene rings is 3. The van der Waals surface area contributed by atoms with Crippen molar-refractivity contribution < 1.29 is 14.3 Å². The summed E-state index contributed by atoms with van der Waals surface area (Å²) < 4.78 is 5.92. The van der Waals surface area contributed by atoms with Gasteiger partial charge in [-0.2, -0.15) is 0 Å². The Hall–Kier alpha value is -3.04. The van der Waals surface area contributed by atoms with Crippen LogP contribution in [0.2, 0.25) is 0 Å². The van der Waals surface area contributed by atoms with E-state index in [9.17, 15) is 9.59 Å². The van der Waals surface area contributed by atoms with Crippen molar-refractivity contribution in [2.75, 3.05) is 0 Å². The monoisotopic (exact) mass is 356 g/mol. The highest BCUT2D eigenvalue weighted by atomic mass is 16.6. The molecule has 0 amide bonds. The molecule has 1 aliphatic heterocycles. The normalized spacial score (nSPS) is 17.3. The van der Waals surface area contributed by atoms with Gasteiger partial charge in [-0.05, 0) is 30.5 Å². The first-order valence-electron chi connectivity index (χ1n) is 8.98. The predicted molar refractivity (Wildman–Crippen MR) is 104 cm³/mol. The van der Waals surface area contributed by atoms with Gasteiger partial charge in [-0.3, -0.25) is 9.59 Å². The molecule has 27 heavy (non-hydrogen) atoms. The average Bonchev–Trinajstić information content (AvgIpc) is 3.47. The van der Waals surface area contributed by atoms with Gasteiger partial charge in [0.15, 0.2) is 0 Å². The lowest BCUT2D eigenvalue weighted by atomic mass is 9.84. The summed E-state index contributed by atoms with van der Waals surface area (Å²) in [6.07, 6.45) is -0.572. The topological polar surface area (TPSA) is 46.7 Å². The van der Waals surface area contributed by atoms with E-state index in [0.29, 0.717) is 11.1 Å². The summed E-state index contributed by atoms with van der Waals surface area (Å²) in [4.78, 5) is 26.7. The van der Waals surface area contributed by atoms with Gasteiger partial charge in [-0.15, -0.1) is 0 Å². The van der Waals surface area contributed by atoms with Crippen LogP contribution in [0.1, 0.15) is 43.5 Å². The third-order valence-corrected chi connectivity index (χ3v) is 5.20. The number of rotatable bonds is 5. The Kier molecular flexibility index (Phi) is 4.25. The minimum Gasteiger partial charge on any atom is -0.344 e. The highest BCUT2D eigenvalue weighted by molar-refractivity contribution is 6.25. The van der Waals surface area contributed by atoms with Crippen LogP contribution in [-0.2, 0) is 4.74 Å². The zero-order chi connectivity index (χ0) is 19.0. The van der Waals surface area contributed by atoms with Crippen molar-refractivity contribution in [2.24, 2.45) is 0 Å². The van der Waals surface area contributed by atoms with Crippen molar-refractivity contribution in [3.63, 3.8) is 0 Å². The van der Waals surface area contributed by atoms with E-state index in [-0.39, 0.29) is 11.6 Å². The second-order valence-corrected chi connectivity index (χ2v) is 6.97. The van der Waals surface area contributed by atoms with Gasteiger partial charge in [-0.1, -0.05) is 78.9 Å². The lowest BCUT2D eigenvalue weighted by Crippen LogP contribution is -2.35. The number of hydrogen-bond acceptors (Lipinski definition) is 3. The molecule has 1 heterocycles. The van der Waals surface area contributed by atoms with Crippen molar-refractivity contribution in [3.8, 4) is 0 Å². The maximum Gasteiger partial charge on any atom is 0.224 e. The molecule has 3 heteroatoms. The summed E-state index contributed by atoms with van der Waals surface area (Å²) in [5, 5.41) is 0. The first-order valence-corrected chi connectivity index (χ1v) is 8.98. The SMILES string of the molecule is Cc1ccc([C@H]2OC2(C(=O)c2ccccc2)C(=O)c2ccccc2)cc1C. The number of carbonyl (C=O) groups is 2. The highest BCUT2D eigenvalue weighted by Gasteiger charge is 2.68. The summed E-state index contributed by atoms with van der Waals surface area (Å²) in [6.45, 7) is 4.05. The molecular weight excluding hydrogens is 336 g/mol. The molecular formula is C24H20O3. The fraction of sp³-hybridized carbons (Fsp3) is 0.167. The van der Waals surface area contributed by atoms with E-state index < -0.39 is 11.7 Å². The summed E-state index contributed by atoms with van der Waals surface area (Å²) in [5.74, 6) is -0.583. The van der Waals surface area contributed by atoms with E-state index >= 15 is 0 Å². The number of ketones is 2. The van der Waals surface area contributed by atoms with Crippen LogP contribution in [0, 0.1) is 13.8 Å². The van der Waals surface area contributed by atoms with Gasteiger partial charge in [0.05, 0.1) is 0 Å². The van der Waals surface area contributed by atoms with E-state index in [1.807, 2.05) is 44.2 Å². The van der Waals surface area contributed by atoms with Gasteiger partial charge < -0.3 is 4.74 Å². The second-order valence-electron chi connectivity index (χ2n) is 6.97. The Bertz CT molecular complexity index is 955. The van der Waals surface area contributed by atoms with Crippen LogP contribution in [0.3, 0.4) is 0 Å². The molecule has 4 rings (SSSR count). The summed E-state index contributed by atoms with van der Waals surface area (Å²) in [7, 11) is 0. The number of aryl methyl sites for hydroxylation is 2. The predicted octanol–water partition coefficient (Wildman–Crippen LogP) is 4.88. The summed E-state index contributed by atoms with van der Waals surface area (Å²) in [6, 6.07) is 23.7. The number of epoxide rings is 1. The van der Waals surface area contributed by atoms with Crippen LogP contribution in [0.4, 0.5) is 0 Å². The quantitative estimate of drug-likeness (QED) is 0.372. The van der Waals surface area contributed by atoms with E-state index in [1.54, 1.807) is 48.5 Å². The van der Waals surface area contributed by atoms with Crippen LogP contribution in [0.15, 0.2) is 78.9 Å². The van der Waals surface area contributed by atoms with Crippen molar-refractivity contribution in [2.45, 2.75) is 25.6 Å². The summed E-state index contributed by atoms with van der Waals surface area (Å²) in [5.41, 5.74) is 2.59. The average molecular weight is 356 g/mol. The summed E-state index contributed by atoms with van der Waals surface area (Å²) >= 11 is 0. The first kappa shape index (κ1) is 17.4. The van der Waals surface area contributed by atoms with Crippen molar-refractivity contribution >= 4 is 11.6 Å². The molecule has 0 bridgehead atoms. The molecule has 134 valence electrons. The van der Waals surface area contributed by atoms with E-state index in [1.165, 1.54) is 0 Å². The molecule has 1 aliphatic rings. The lowest BCUT2D eigenvalue weighted by Gasteiger charge is -2.12. The molecule has 3 nitrogen and oxygen atoms in total. The largest absolute Gasteiger partial charge is 0.344 e.